The molecule has 0 aliphatic heterocycles. The van der Waals surface area contributed by atoms with Crippen molar-refractivity contribution in [2.75, 3.05) is 24.4 Å². The summed E-state index contributed by atoms with van der Waals surface area (Å²) in [7, 11) is 1.58. The number of aryl methyl sites for hydroxylation is 1. The fraction of sp³-hybridized carbons (Fsp3) is 0.138. The molecular weight excluding hydrogens is 603 g/mol. The van der Waals surface area contributed by atoms with Crippen LogP contribution in [-0.4, -0.2) is 19.6 Å². The van der Waals surface area contributed by atoms with Crippen LogP contribution in [0, 0.1) is 10.5 Å². The minimum atomic E-state index is -0.289. The number of carbonyl (C=O) groups is 1. The van der Waals surface area contributed by atoms with Crippen molar-refractivity contribution in [1.82, 2.24) is 0 Å². The van der Waals surface area contributed by atoms with Crippen molar-refractivity contribution < 1.29 is 19.0 Å². The Labute approximate surface area is 235 Å². The van der Waals surface area contributed by atoms with Crippen molar-refractivity contribution >= 4 is 51.5 Å². The van der Waals surface area contributed by atoms with E-state index in [1.54, 1.807) is 19.2 Å². The fourth-order valence-electron chi connectivity index (χ4n) is 3.49. The molecule has 6 nitrogen and oxygen atoms in total. The molecule has 37 heavy (non-hydrogen) atoms. The van der Waals surface area contributed by atoms with E-state index >= 15 is 0 Å². The number of hydrogen-bond donors (Lipinski definition) is 2. The molecule has 1 amide bonds. The molecule has 4 rings (SSSR count). The second-order valence-electron chi connectivity index (χ2n) is 8.20. The van der Waals surface area contributed by atoms with Gasteiger partial charge in [-0.1, -0.05) is 35.9 Å². The van der Waals surface area contributed by atoms with Gasteiger partial charge in [-0.3, -0.25) is 4.79 Å². The Morgan fingerprint density at radius 2 is 1.62 bits per heavy atom. The number of rotatable bonds is 10. The molecule has 0 bridgehead atoms. The molecule has 4 aromatic carbocycles. The van der Waals surface area contributed by atoms with Crippen LogP contribution in [0.3, 0.4) is 0 Å². The summed E-state index contributed by atoms with van der Waals surface area (Å²) >= 11 is 8.32. The normalized spacial score (nSPS) is 10.5. The van der Waals surface area contributed by atoms with E-state index in [9.17, 15) is 4.79 Å². The van der Waals surface area contributed by atoms with Crippen LogP contribution in [0.4, 0.5) is 11.4 Å². The molecule has 0 saturated heterocycles. The summed E-state index contributed by atoms with van der Waals surface area (Å²) < 4.78 is 18.0. The number of methoxy groups -OCH3 is 1. The van der Waals surface area contributed by atoms with Gasteiger partial charge in [0.15, 0.2) is 18.1 Å². The number of hydrogen-bond acceptors (Lipinski definition) is 5. The van der Waals surface area contributed by atoms with E-state index in [0.717, 1.165) is 31.9 Å². The molecule has 0 atom stereocenters. The predicted molar refractivity (Wildman–Crippen MR) is 156 cm³/mol. The second kappa shape index (κ2) is 12.7. The lowest BCUT2D eigenvalue weighted by Gasteiger charge is -2.15. The molecule has 0 spiro atoms. The zero-order valence-corrected chi connectivity index (χ0v) is 23.3. The smallest absolute Gasteiger partial charge is 0.262 e. The predicted octanol–water partition coefficient (Wildman–Crippen LogP) is 7.68. The number of amides is 1. The summed E-state index contributed by atoms with van der Waals surface area (Å²) in [6.45, 7) is 2.33. The Morgan fingerprint density at radius 3 is 2.32 bits per heavy atom. The number of benzene rings is 4. The first-order valence-electron chi connectivity index (χ1n) is 11.5. The quantitative estimate of drug-likeness (QED) is 0.176. The maximum Gasteiger partial charge on any atom is 0.262 e. The lowest BCUT2D eigenvalue weighted by molar-refractivity contribution is -0.118. The Kier molecular flexibility index (Phi) is 9.14. The highest BCUT2D eigenvalue weighted by atomic mass is 127. The summed E-state index contributed by atoms with van der Waals surface area (Å²) in [5, 5.41) is 6.79. The van der Waals surface area contributed by atoms with Crippen molar-refractivity contribution in [1.29, 1.82) is 0 Å². The van der Waals surface area contributed by atoms with Crippen molar-refractivity contribution in [2.45, 2.75) is 13.5 Å². The van der Waals surface area contributed by atoms with Crippen LogP contribution in [0.1, 0.15) is 11.1 Å². The van der Waals surface area contributed by atoms with Crippen molar-refractivity contribution in [2.24, 2.45) is 0 Å². The number of carbonyl (C=O) groups excluding carboxylic acids is 1. The Morgan fingerprint density at radius 1 is 0.919 bits per heavy atom. The van der Waals surface area contributed by atoms with Crippen LogP contribution in [0.25, 0.3) is 0 Å². The van der Waals surface area contributed by atoms with Gasteiger partial charge in [0.1, 0.15) is 11.5 Å². The average Bonchev–Trinajstić information content (AvgIpc) is 2.90. The van der Waals surface area contributed by atoms with Crippen molar-refractivity contribution in [3.05, 3.63) is 105 Å². The molecule has 0 heterocycles. The lowest BCUT2D eigenvalue weighted by atomic mass is 10.2. The molecule has 0 aliphatic rings. The largest absolute Gasteiger partial charge is 0.493 e. The van der Waals surface area contributed by atoms with Crippen LogP contribution < -0.4 is 24.8 Å². The van der Waals surface area contributed by atoms with Gasteiger partial charge in [0.2, 0.25) is 0 Å². The molecule has 0 aliphatic carbocycles. The standard InChI is InChI=1S/C29H26ClIN2O4/c1-19-8-9-22(16-25(19)30)33-28(34)18-36-29-26(31)14-20(15-27(29)35-2)17-32-21-10-12-24(13-11-21)37-23-6-4-3-5-7-23/h3-16,32H,17-18H2,1-2H3,(H,33,34). The van der Waals surface area contributed by atoms with Gasteiger partial charge in [-0.2, -0.15) is 0 Å². The summed E-state index contributed by atoms with van der Waals surface area (Å²) in [4.78, 5) is 12.4. The monoisotopic (exact) mass is 628 g/mol. The van der Waals surface area contributed by atoms with Crippen LogP contribution >= 0.6 is 34.2 Å². The van der Waals surface area contributed by atoms with Gasteiger partial charge >= 0.3 is 0 Å². The highest BCUT2D eigenvalue weighted by molar-refractivity contribution is 14.1. The van der Waals surface area contributed by atoms with Gasteiger partial charge in [0.05, 0.1) is 10.7 Å². The third-order valence-electron chi connectivity index (χ3n) is 5.42. The topological polar surface area (TPSA) is 68.8 Å². The number of halogens is 2. The Balaban J connectivity index is 1.34. The fourth-order valence-corrected chi connectivity index (χ4v) is 4.49. The van der Waals surface area contributed by atoms with E-state index in [0.29, 0.717) is 28.8 Å². The number of anilines is 2. The van der Waals surface area contributed by atoms with Crippen LogP contribution in [0.5, 0.6) is 23.0 Å². The summed E-state index contributed by atoms with van der Waals surface area (Å²) in [6, 6.07) is 26.7. The van der Waals surface area contributed by atoms with Crippen LogP contribution in [0.15, 0.2) is 84.9 Å². The highest BCUT2D eigenvalue weighted by Crippen LogP contribution is 2.34. The maximum absolute atomic E-state index is 12.4. The van der Waals surface area contributed by atoms with E-state index in [2.05, 4.69) is 33.2 Å². The number of para-hydroxylation sites is 1. The second-order valence-corrected chi connectivity index (χ2v) is 9.77. The first-order valence-corrected chi connectivity index (χ1v) is 13.0. The zero-order valence-electron chi connectivity index (χ0n) is 20.4. The Hall–Kier alpha value is -3.43. The van der Waals surface area contributed by atoms with Crippen molar-refractivity contribution in [3.8, 4) is 23.0 Å². The van der Waals surface area contributed by atoms with Gasteiger partial charge in [0, 0.05) is 22.9 Å². The summed E-state index contributed by atoms with van der Waals surface area (Å²) in [5.74, 6) is 2.35. The molecule has 2 N–H and O–H groups in total. The van der Waals surface area contributed by atoms with Crippen LogP contribution in [-0.2, 0) is 11.3 Å². The van der Waals surface area contributed by atoms with Gasteiger partial charge in [-0.05, 0) is 101 Å². The number of ether oxygens (including phenoxy) is 3. The maximum atomic E-state index is 12.4. The molecule has 8 heteroatoms. The van der Waals surface area contributed by atoms with E-state index in [4.69, 9.17) is 25.8 Å². The Bertz CT molecular complexity index is 1360. The third-order valence-corrected chi connectivity index (χ3v) is 6.63. The molecule has 0 fully saturated rings. The molecular formula is C29H26ClIN2O4. The molecule has 0 radical (unpaired) electrons. The lowest BCUT2D eigenvalue weighted by Crippen LogP contribution is -2.20. The van der Waals surface area contributed by atoms with E-state index in [-0.39, 0.29) is 12.5 Å². The van der Waals surface area contributed by atoms with Gasteiger partial charge in [-0.25, -0.2) is 0 Å². The van der Waals surface area contributed by atoms with Gasteiger partial charge in [-0.15, -0.1) is 0 Å². The van der Waals surface area contributed by atoms with E-state index < -0.39 is 0 Å². The third kappa shape index (κ3) is 7.53. The van der Waals surface area contributed by atoms with Crippen LogP contribution in [0.2, 0.25) is 5.02 Å². The van der Waals surface area contributed by atoms with Gasteiger partial charge in [0.25, 0.3) is 5.91 Å². The minimum Gasteiger partial charge on any atom is -0.493 e. The molecule has 190 valence electrons. The minimum absolute atomic E-state index is 0.160. The zero-order chi connectivity index (χ0) is 26.2. The van der Waals surface area contributed by atoms with E-state index in [1.807, 2.05) is 79.7 Å². The first kappa shape index (κ1) is 26.6. The summed E-state index contributed by atoms with van der Waals surface area (Å²) in [6.07, 6.45) is 0. The SMILES string of the molecule is COc1cc(CNc2ccc(Oc3ccccc3)cc2)cc(I)c1OCC(=O)Nc1ccc(C)c(Cl)c1. The summed E-state index contributed by atoms with van der Waals surface area (Å²) in [5.41, 5.74) is 3.53. The van der Waals surface area contributed by atoms with Crippen molar-refractivity contribution in [3.63, 3.8) is 0 Å². The van der Waals surface area contributed by atoms with Gasteiger partial charge < -0.3 is 24.8 Å². The highest BCUT2D eigenvalue weighted by Gasteiger charge is 2.14. The van der Waals surface area contributed by atoms with E-state index in [1.165, 1.54) is 0 Å². The molecule has 4 aromatic rings. The molecule has 0 unspecified atom stereocenters. The number of nitrogens with one attached hydrogen (secondary N) is 2. The molecule has 0 saturated carbocycles. The molecule has 0 aromatic heterocycles. The first-order chi connectivity index (χ1) is 17.9. The average molecular weight is 629 g/mol.